The zero-order chi connectivity index (χ0) is 41.9. The predicted octanol–water partition coefficient (Wildman–Crippen LogP) is 14.0. The summed E-state index contributed by atoms with van der Waals surface area (Å²) in [7, 11) is 0. The minimum atomic E-state index is -0.303. The Bertz CT molecular complexity index is 3760. The van der Waals surface area contributed by atoms with E-state index in [-0.39, 0.29) is 24.4 Å². The van der Waals surface area contributed by atoms with Gasteiger partial charge >= 0.3 is 0 Å². The van der Waals surface area contributed by atoms with Crippen LogP contribution >= 0.6 is 11.3 Å². The van der Waals surface area contributed by atoms with Gasteiger partial charge in [-0.2, -0.15) is 0 Å². The van der Waals surface area contributed by atoms with Gasteiger partial charge in [0.25, 0.3) is 0 Å². The van der Waals surface area contributed by atoms with E-state index in [1.54, 1.807) is 0 Å². The second kappa shape index (κ2) is 13.9. The molecule has 0 radical (unpaired) electrons. The minimum absolute atomic E-state index is 0.0732. The summed E-state index contributed by atoms with van der Waals surface area (Å²) in [5, 5.41) is 14.9. The molecule has 6 nitrogen and oxygen atoms in total. The number of rotatable bonds is 5. The van der Waals surface area contributed by atoms with Gasteiger partial charge in [-0.05, 0) is 76.9 Å². The summed E-state index contributed by atoms with van der Waals surface area (Å²) in [6, 6.07) is 62.7. The van der Waals surface area contributed by atoms with Crippen molar-refractivity contribution >= 4 is 86.8 Å². The van der Waals surface area contributed by atoms with E-state index in [1.165, 1.54) is 58.7 Å². The number of amidine groups is 1. The molecule has 14 rings (SSSR count). The van der Waals surface area contributed by atoms with Crippen LogP contribution in [0.2, 0.25) is 0 Å². The number of aliphatic imine (C=N–C) groups is 1. The van der Waals surface area contributed by atoms with E-state index in [4.69, 9.17) is 14.1 Å². The van der Waals surface area contributed by atoms with Crippen molar-refractivity contribution in [3.63, 3.8) is 0 Å². The normalized spacial score (nSPS) is 19.2. The molecule has 0 saturated carbocycles. The Labute approximate surface area is 372 Å². The first-order valence-corrected chi connectivity index (χ1v) is 22.7. The zero-order valence-corrected chi connectivity index (χ0v) is 35.2. The molecule has 7 heteroatoms. The molecule has 2 N–H and O–H groups in total. The number of thiophene rings is 1. The Balaban J connectivity index is 0.795. The monoisotopic (exact) mass is 842 g/mol. The Morgan fingerprint density at radius 3 is 2.16 bits per heavy atom. The van der Waals surface area contributed by atoms with E-state index in [0.717, 1.165) is 55.9 Å². The third-order valence-electron chi connectivity index (χ3n) is 13.4. The van der Waals surface area contributed by atoms with Crippen LogP contribution in [0.5, 0.6) is 5.75 Å². The molecule has 5 heterocycles. The number of nitrogens with zero attached hydrogens (tertiary/aromatic N) is 2. The molecule has 0 fully saturated rings. The van der Waals surface area contributed by atoms with Gasteiger partial charge in [-0.25, -0.2) is 4.99 Å². The first-order valence-electron chi connectivity index (χ1n) is 21.9. The Kier molecular flexibility index (Phi) is 7.78. The van der Waals surface area contributed by atoms with Gasteiger partial charge in [0, 0.05) is 64.5 Å². The lowest BCUT2D eigenvalue weighted by Gasteiger charge is -2.32. The van der Waals surface area contributed by atoms with E-state index >= 15 is 0 Å². The van der Waals surface area contributed by atoms with Crippen molar-refractivity contribution < 1.29 is 9.15 Å². The highest BCUT2D eigenvalue weighted by Gasteiger charge is 2.34. The van der Waals surface area contributed by atoms with Gasteiger partial charge < -0.3 is 19.0 Å². The van der Waals surface area contributed by atoms with E-state index < -0.39 is 0 Å². The number of aromatic nitrogens is 1. The van der Waals surface area contributed by atoms with Crippen LogP contribution in [0.15, 0.2) is 204 Å². The minimum Gasteiger partial charge on any atom is -0.485 e. The average Bonchev–Trinajstić information content (AvgIpc) is 4.12. The Morgan fingerprint density at radius 1 is 0.562 bits per heavy atom. The number of furan rings is 1. The molecule has 11 aromatic rings. The summed E-state index contributed by atoms with van der Waals surface area (Å²) in [6.07, 6.45) is 6.31. The lowest BCUT2D eigenvalue weighted by molar-refractivity contribution is 0.269. The molecule has 2 aliphatic heterocycles. The first kappa shape index (κ1) is 35.8. The molecular weight excluding hydrogens is 805 g/mol. The second-order valence-corrected chi connectivity index (χ2v) is 18.1. The number of ether oxygens (including phenoxy) is 1. The number of allylic oxidation sites excluding steroid dienone is 2. The molecule has 8 aromatic carbocycles. The van der Waals surface area contributed by atoms with Crippen molar-refractivity contribution in [1.29, 1.82) is 0 Å². The SMILES string of the molecule is C1=CC2c3ccc(-c4ccc5c(c4)sc4cccc(C6NC(c7ccccc7)=NC(c7ccc8c(c7)oc7ccccc78)N6)c45)cc3OC2C=C1n1c2ccccc2c2ccccc21. The van der Waals surface area contributed by atoms with Crippen LogP contribution in [0.4, 0.5) is 0 Å². The maximum absolute atomic E-state index is 6.79. The number of para-hydroxylation sites is 3. The van der Waals surface area contributed by atoms with Gasteiger partial charge in [-0.15, -0.1) is 11.3 Å². The standard InChI is InChI=1S/C57H38N4O2S/c1-2-11-33(12-3-1)55-58-56(36-23-26-41-40-15-6-9-19-48(40)62-50(41)30-36)60-57(59-55)45-16-10-20-52-54(45)44-27-22-35(31-53(44)64-52)34-21-25-42-43-28-24-37(32-51(43)63-49(42)29-34)61-46-17-7-4-13-38(46)39-14-5-8-18-47(39)61/h1-32,43,51,56-57,60H,(H,58,59). The van der Waals surface area contributed by atoms with Crippen molar-refractivity contribution in [3.05, 3.63) is 216 Å². The van der Waals surface area contributed by atoms with E-state index in [1.807, 2.05) is 29.5 Å². The van der Waals surface area contributed by atoms with Gasteiger partial charge in [0.1, 0.15) is 41.2 Å². The number of hydrogen-bond acceptors (Lipinski definition) is 6. The van der Waals surface area contributed by atoms with E-state index in [2.05, 4.69) is 191 Å². The zero-order valence-electron chi connectivity index (χ0n) is 34.4. The highest BCUT2D eigenvalue weighted by atomic mass is 32.1. The van der Waals surface area contributed by atoms with Gasteiger partial charge in [0.05, 0.1) is 11.0 Å². The predicted molar refractivity (Wildman–Crippen MR) is 263 cm³/mol. The summed E-state index contributed by atoms with van der Waals surface area (Å²) in [6.45, 7) is 0. The van der Waals surface area contributed by atoms with Gasteiger partial charge in [-0.1, -0.05) is 140 Å². The Morgan fingerprint density at radius 2 is 1.30 bits per heavy atom. The van der Waals surface area contributed by atoms with Crippen LogP contribution in [0.25, 0.3) is 80.7 Å². The summed E-state index contributed by atoms with van der Waals surface area (Å²) < 4.78 is 18.0. The van der Waals surface area contributed by atoms with Crippen LogP contribution < -0.4 is 15.4 Å². The van der Waals surface area contributed by atoms with Crippen molar-refractivity contribution in [3.8, 4) is 16.9 Å². The number of fused-ring (bicyclic) bond motifs is 12. The molecule has 3 aliphatic rings. The molecule has 304 valence electrons. The molecular formula is C57H38N4O2S. The molecule has 4 atom stereocenters. The molecule has 3 aromatic heterocycles. The molecule has 0 spiro atoms. The third-order valence-corrected chi connectivity index (χ3v) is 14.6. The third kappa shape index (κ3) is 5.51. The molecule has 4 unspecified atom stereocenters. The summed E-state index contributed by atoms with van der Waals surface area (Å²) in [5.74, 6) is 1.98. The second-order valence-electron chi connectivity index (χ2n) is 17.1. The molecule has 64 heavy (non-hydrogen) atoms. The average molecular weight is 843 g/mol. The highest BCUT2D eigenvalue weighted by molar-refractivity contribution is 7.25. The van der Waals surface area contributed by atoms with Gasteiger partial charge in [0.2, 0.25) is 0 Å². The van der Waals surface area contributed by atoms with Crippen LogP contribution in [0.3, 0.4) is 0 Å². The maximum Gasteiger partial charge on any atom is 0.135 e. The Hall–Kier alpha value is -7.71. The smallest absolute Gasteiger partial charge is 0.135 e. The van der Waals surface area contributed by atoms with Crippen LogP contribution in [0, 0.1) is 0 Å². The van der Waals surface area contributed by atoms with Crippen molar-refractivity contribution in [1.82, 2.24) is 15.2 Å². The molecule has 0 saturated heterocycles. The van der Waals surface area contributed by atoms with E-state index in [9.17, 15) is 0 Å². The van der Waals surface area contributed by atoms with Crippen molar-refractivity contribution in [2.24, 2.45) is 4.99 Å². The topological polar surface area (TPSA) is 63.7 Å². The fourth-order valence-corrected chi connectivity index (χ4v) is 11.6. The maximum atomic E-state index is 6.79. The fourth-order valence-electron chi connectivity index (χ4n) is 10.4. The molecule has 0 amide bonds. The van der Waals surface area contributed by atoms with Crippen LogP contribution in [0.1, 0.15) is 40.5 Å². The highest BCUT2D eigenvalue weighted by Crippen LogP contribution is 2.47. The van der Waals surface area contributed by atoms with Crippen molar-refractivity contribution in [2.45, 2.75) is 24.4 Å². The summed E-state index contributed by atoms with van der Waals surface area (Å²) in [5.41, 5.74) is 12.1. The first-order chi connectivity index (χ1) is 31.7. The van der Waals surface area contributed by atoms with E-state index in [0.29, 0.717) is 0 Å². The quantitative estimate of drug-likeness (QED) is 0.181. The van der Waals surface area contributed by atoms with Crippen molar-refractivity contribution in [2.75, 3.05) is 0 Å². The fraction of sp³-hybridized carbons (Fsp3) is 0.0702. The van der Waals surface area contributed by atoms with Gasteiger partial charge in [-0.3, -0.25) is 5.32 Å². The summed E-state index contributed by atoms with van der Waals surface area (Å²) in [4.78, 5) is 5.26. The lowest BCUT2D eigenvalue weighted by Crippen LogP contribution is -2.45. The number of hydrogen-bond donors (Lipinski definition) is 2. The summed E-state index contributed by atoms with van der Waals surface area (Å²) >= 11 is 1.84. The lowest BCUT2D eigenvalue weighted by atomic mass is 9.90. The molecule has 1 aliphatic carbocycles. The largest absolute Gasteiger partial charge is 0.485 e. The van der Waals surface area contributed by atoms with Gasteiger partial charge in [0.15, 0.2) is 0 Å². The van der Waals surface area contributed by atoms with Crippen LogP contribution in [-0.2, 0) is 0 Å². The van der Waals surface area contributed by atoms with Crippen LogP contribution in [-0.4, -0.2) is 16.5 Å². The number of benzene rings is 8. The number of nitrogens with one attached hydrogen (secondary N) is 2. The molecule has 0 bridgehead atoms.